The summed E-state index contributed by atoms with van der Waals surface area (Å²) in [6.45, 7) is 2.45. The van der Waals surface area contributed by atoms with Gasteiger partial charge in [0.1, 0.15) is 5.70 Å². The first-order valence-electron chi connectivity index (χ1n) is 7.97. The maximum Gasteiger partial charge on any atom is 0.281 e. The Bertz CT molecular complexity index is 881. The zero-order valence-corrected chi connectivity index (χ0v) is 15.9. The van der Waals surface area contributed by atoms with Crippen LogP contribution in [0.4, 0.5) is 5.69 Å². The van der Waals surface area contributed by atoms with Crippen LogP contribution < -0.4 is 19.7 Å². The molecule has 134 valence electrons. The van der Waals surface area contributed by atoms with E-state index in [1.807, 2.05) is 19.1 Å². The van der Waals surface area contributed by atoms with Crippen LogP contribution in [-0.2, 0) is 4.79 Å². The Balaban J connectivity index is 1.89. The Morgan fingerprint density at radius 2 is 1.92 bits per heavy atom. The van der Waals surface area contributed by atoms with Gasteiger partial charge >= 0.3 is 0 Å². The number of hydrogen-bond donors (Lipinski definition) is 1. The van der Waals surface area contributed by atoms with Gasteiger partial charge in [0, 0.05) is 5.02 Å². The van der Waals surface area contributed by atoms with Gasteiger partial charge in [-0.15, -0.1) is 0 Å². The number of methoxy groups -OCH3 is 1. The molecule has 1 aliphatic rings. The highest BCUT2D eigenvalue weighted by Gasteiger charge is 2.31. The second-order valence-corrected chi connectivity index (χ2v) is 6.27. The van der Waals surface area contributed by atoms with Crippen molar-refractivity contribution in [3.63, 3.8) is 0 Å². The van der Waals surface area contributed by atoms with E-state index in [1.165, 1.54) is 4.90 Å². The summed E-state index contributed by atoms with van der Waals surface area (Å²) in [4.78, 5) is 14.2. The molecule has 1 heterocycles. The lowest BCUT2D eigenvalue weighted by atomic mass is 10.1. The minimum atomic E-state index is -0.231. The molecule has 0 unspecified atom stereocenters. The van der Waals surface area contributed by atoms with Crippen molar-refractivity contribution in [2.45, 2.75) is 6.92 Å². The zero-order chi connectivity index (χ0) is 18.7. The summed E-state index contributed by atoms with van der Waals surface area (Å²) < 4.78 is 10.9. The molecular weight excluding hydrogens is 372 g/mol. The van der Waals surface area contributed by atoms with Crippen molar-refractivity contribution in [3.05, 3.63) is 58.7 Å². The number of anilines is 1. The summed E-state index contributed by atoms with van der Waals surface area (Å²) >= 11 is 11.2. The van der Waals surface area contributed by atoms with Gasteiger partial charge < -0.3 is 14.8 Å². The van der Waals surface area contributed by atoms with E-state index >= 15 is 0 Å². The van der Waals surface area contributed by atoms with E-state index in [1.54, 1.807) is 43.5 Å². The molecule has 2 aromatic carbocycles. The molecule has 0 saturated carbocycles. The summed E-state index contributed by atoms with van der Waals surface area (Å²) in [5, 5.41) is 3.87. The van der Waals surface area contributed by atoms with Gasteiger partial charge in [0.15, 0.2) is 16.6 Å². The van der Waals surface area contributed by atoms with Crippen LogP contribution in [0.5, 0.6) is 11.5 Å². The predicted octanol–water partition coefficient (Wildman–Crippen LogP) is 4.01. The molecule has 3 rings (SSSR count). The minimum Gasteiger partial charge on any atom is -0.493 e. The Hall–Kier alpha value is -2.57. The number of thiocarbonyl (C=S) groups is 1. The van der Waals surface area contributed by atoms with E-state index < -0.39 is 0 Å². The van der Waals surface area contributed by atoms with E-state index in [9.17, 15) is 4.79 Å². The molecule has 5 nitrogen and oxygen atoms in total. The van der Waals surface area contributed by atoms with Gasteiger partial charge in [-0.25, -0.2) is 0 Å². The van der Waals surface area contributed by atoms with Crippen LogP contribution in [0.25, 0.3) is 6.08 Å². The minimum absolute atomic E-state index is 0.231. The maximum absolute atomic E-state index is 12.7. The number of amides is 1. The fourth-order valence-corrected chi connectivity index (χ4v) is 3.00. The van der Waals surface area contributed by atoms with E-state index in [2.05, 4.69) is 5.32 Å². The molecule has 1 fully saturated rings. The van der Waals surface area contributed by atoms with Crippen LogP contribution >= 0.6 is 23.8 Å². The Labute approximate surface area is 162 Å². The summed E-state index contributed by atoms with van der Waals surface area (Å²) in [7, 11) is 1.57. The maximum atomic E-state index is 12.7. The third kappa shape index (κ3) is 3.66. The Kier molecular flexibility index (Phi) is 5.44. The normalized spacial score (nSPS) is 15.3. The van der Waals surface area contributed by atoms with Crippen molar-refractivity contribution in [1.29, 1.82) is 0 Å². The van der Waals surface area contributed by atoms with Crippen molar-refractivity contribution in [2.75, 3.05) is 18.6 Å². The van der Waals surface area contributed by atoms with Gasteiger partial charge in [-0.2, -0.15) is 0 Å². The largest absolute Gasteiger partial charge is 0.493 e. The average Bonchev–Trinajstić information content (AvgIpc) is 2.91. The summed E-state index contributed by atoms with van der Waals surface area (Å²) in [5.41, 5.74) is 1.84. The molecule has 0 bridgehead atoms. The van der Waals surface area contributed by atoms with Gasteiger partial charge in [-0.3, -0.25) is 9.69 Å². The third-order valence-electron chi connectivity index (χ3n) is 3.76. The molecule has 0 radical (unpaired) electrons. The number of hydrogen-bond acceptors (Lipinski definition) is 4. The van der Waals surface area contributed by atoms with E-state index in [0.29, 0.717) is 39.6 Å². The highest BCUT2D eigenvalue weighted by molar-refractivity contribution is 7.80. The number of nitrogens with zero attached hydrogens (tertiary/aromatic N) is 1. The fourth-order valence-electron chi connectivity index (χ4n) is 2.58. The lowest BCUT2D eigenvalue weighted by Gasteiger charge is -2.13. The van der Waals surface area contributed by atoms with Crippen LogP contribution in [0, 0.1) is 0 Å². The number of benzene rings is 2. The molecule has 7 heteroatoms. The summed E-state index contributed by atoms with van der Waals surface area (Å²) in [6, 6.07) is 12.4. The van der Waals surface area contributed by atoms with E-state index in [0.717, 1.165) is 5.56 Å². The van der Waals surface area contributed by atoms with Crippen LogP contribution in [0.2, 0.25) is 5.02 Å². The first-order valence-corrected chi connectivity index (χ1v) is 8.75. The highest BCUT2D eigenvalue weighted by atomic mass is 35.5. The standard InChI is InChI=1S/C19H17ClN2O3S/c1-3-25-16-9-4-12(11-17(16)24-2)10-15-18(23)22(19(26)21-15)14-7-5-13(20)6-8-14/h4-11H,3H2,1-2H3,(H,21,26)/b15-10-. The fraction of sp³-hybridized carbons (Fsp3) is 0.158. The molecule has 26 heavy (non-hydrogen) atoms. The number of ether oxygens (including phenoxy) is 2. The topological polar surface area (TPSA) is 50.8 Å². The molecule has 2 aromatic rings. The van der Waals surface area contributed by atoms with Gasteiger partial charge in [0.2, 0.25) is 0 Å². The first-order chi connectivity index (χ1) is 12.5. The molecule has 0 aromatic heterocycles. The number of nitrogens with one attached hydrogen (secondary N) is 1. The van der Waals surface area contributed by atoms with Crippen molar-refractivity contribution >= 4 is 46.6 Å². The smallest absolute Gasteiger partial charge is 0.281 e. The molecule has 0 atom stereocenters. The number of carbonyl (C=O) groups is 1. The first kappa shape index (κ1) is 18.2. The molecular formula is C19H17ClN2O3S. The predicted molar refractivity (Wildman–Crippen MR) is 107 cm³/mol. The Morgan fingerprint density at radius 1 is 1.19 bits per heavy atom. The van der Waals surface area contributed by atoms with Crippen LogP contribution in [0.1, 0.15) is 12.5 Å². The summed E-state index contributed by atoms with van der Waals surface area (Å²) in [5.74, 6) is 1.02. The number of rotatable bonds is 5. The Morgan fingerprint density at radius 3 is 2.58 bits per heavy atom. The van der Waals surface area contributed by atoms with Crippen molar-refractivity contribution in [2.24, 2.45) is 0 Å². The van der Waals surface area contributed by atoms with Gasteiger partial charge in [-0.05, 0) is 67.2 Å². The van der Waals surface area contributed by atoms with Crippen molar-refractivity contribution in [1.82, 2.24) is 5.32 Å². The van der Waals surface area contributed by atoms with E-state index in [4.69, 9.17) is 33.3 Å². The lowest BCUT2D eigenvalue weighted by Crippen LogP contribution is -2.30. The van der Waals surface area contributed by atoms with Gasteiger partial charge in [-0.1, -0.05) is 17.7 Å². The van der Waals surface area contributed by atoms with Crippen molar-refractivity contribution in [3.8, 4) is 11.5 Å². The molecule has 1 aliphatic heterocycles. The average molecular weight is 389 g/mol. The number of halogens is 1. The molecule has 0 spiro atoms. The zero-order valence-electron chi connectivity index (χ0n) is 14.3. The van der Waals surface area contributed by atoms with E-state index in [-0.39, 0.29) is 5.91 Å². The molecule has 1 N–H and O–H groups in total. The summed E-state index contributed by atoms with van der Waals surface area (Å²) in [6.07, 6.45) is 1.72. The molecule has 0 aliphatic carbocycles. The highest BCUT2D eigenvalue weighted by Crippen LogP contribution is 2.30. The quantitative estimate of drug-likeness (QED) is 0.619. The van der Waals surface area contributed by atoms with Crippen LogP contribution in [-0.4, -0.2) is 24.7 Å². The van der Waals surface area contributed by atoms with Crippen LogP contribution in [0.15, 0.2) is 48.2 Å². The SMILES string of the molecule is CCOc1ccc(/C=C2\NC(=S)N(c3ccc(Cl)cc3)C2=O)cc1OC. The monoisotopic (exact) mass is 388 g/mol. The second-order valence-electron chi connectivity index (χ2n) is 5.45. The molecule has 1 amide bonds. The van der Waals surface area contributed by atoms with Crippen LogP contribution in [0.3, 0.4) is 0 Å². The van der Waals surface area contributed by atoms with Gasteiger partial charge in [0.25, 0.3) is 5.91 Å². The second kappa shape index (κ2) is 7.76. The lowest BCUT2D eigenvalue weighted by molar-refractivity contribution is -0.113. The van der Waals surface area contributed by atoms with Gasteiger partial charge in [0.05, 0.1) is 19.4 Å². The molecule has 1 saturated heterocycles. The number of carbonyl (C=O) groups excluding carboxylic acids is 1. The third-order valence-corrected chi connectivity index (χ3v) is 4.30. The van der Waals surface area contributed by atoms with Crippen molar-refractivity contribution < 1.29 is 14.3 Å².